The van der Waals surface area contributed by atoms with Crippen LogP contribution in [0.25, 0.3) is 0 Å². The van der Waals surface area contributed by atoms with E-state index < -0.39 is 17.2 Å². The number of rotatable bonds is 4. The maximum Gasteiger partial charge on any atom is 0.350 e. The number of aryl methyl sites for hydroxylation is 1. The third-order valence-corrected chi connectivity index (χ3v) is 2.48. The highest BCUT2D eigenvalue weighted by Gasteiger charge is 2.35. The minimum absolute atomic E-state index is 0.409. The lowest BCUT2D eigenvalue weighted by molar-refractivity contribution is -0.170. The third-order valence-electron chi connectivity index (χ3n) is 2.48. The van der Waals surface area contributed by atoms with E-state index >= 15 is 0 Å². The second kappa shape index (κ2) is 5.69. The molecule has 20 heavy (non-hydrogen) atoms. The van der Waals surface area contributed by atoms with Crippen LogP contribution in [0.4, 0.5) is 5.82 Å². The molecular weight excluding hydrogens is 256 g/mol. The zero-order chi connectivity index (χ0) is 15.6. The Labute approximate surface area is 120 Å². The smallest absolute Gasteiger partial charge is 0.350 e. The summed E-state index contributed by atoms with van der Waals surface area (Å²) in [6.45, 7) is 10.8. The fourth-order valence-electron chi connectivity index (χ4n) is 1.53. The lowest BCUT2D eigenvalue weighted by Crippen LogP contribution is -2.43. The van der Waals surface area contributed by atoms with Gasteiger partial charge in [0.05, 0.1) is 0 Å². The average Bonchev–Trinajstić information content (AvgIpc) is 2.26. The zero-order valence-corrected chi connectivity index (χ0v) is 13.3. The molecular formula is C15H24N2O3. The van der Waals surface area contributed by atoms with Crippen molar-refractivity contribution in [3.05, 3.63) is 17.8 Å². The van der Waals surface area contributed by atoms with Gasteiger partial charge in [0.15, 0.2) is 17.2 Å². The molecule has 0 aliphatic rings. The van der Waals surface area contributed by atoms with Crippen molar-refractivity contribution in [3.8, 4) is 5.75 Å². The van der Waals surface area contributed by atoms with Crippen LogP contribution in [0.2, 0.25) is 0 Å². The quantitative estimate of drug-likeness (QED) is 0.859. The highest BCUT2D eigenvalue weighted by molar-refractivity contribution is 5.79. The number of pyridine rings is 1. The Morgan fingerprint density at radius 1 is 1.25 bits per heavy atom. The number of carbonyl (C=O) groups is 1. The van der Waals surface area contributed by atoms with Crippen LogP contribution in [0.3, 0.4) is 0 Å². The normalized spacial score (nSPS) is 11.9. The van der Waals surface area contributed by atoms with E-state index in [1.807, 2.05) is 33.8 Å². The van der Waals surface area contributed by atoms with Gasteiger partial charge in [0.2, 0.25) is 0 Å². The summed E-state index contributed by atoms with van der Waals surface area (Å²) in [7, 11) is 1.75. The second-order valence-electron chi connectivity index (χ2n) is 6.22. The van der Waals surface area contributed by atoms with Gasteiger partial charge in [-0.2, -0.15) is 0 Å². The number of hydrogen-bond donors (Lipinski definition) is 1. The van der Waals surface area contributed by atoms with E-state index in [0.717, 1.165) is 5.56 Å². The first kappa shape index (κ1) is 16.3. The summed E-state index contributed by atoms with van der Waals surface area (Å²) in [4.78, 5) is 16.4. The number of carbonyl (C=O) groups excluding carboxylic acids is 1. The molecule has 1 aromatic rings. The first-order chi connectivity index (χ1) is 9.05. The van der Waals surface area contributed by atoms with E-state index in [4.69, 9.17) is 9.47 Å². The van der Waals surface area contributed by atoms with Crippen molar-refractivity contribution in [2.75, 3.05) is 12.4 Å². The van der Waals surface area contributed by atoms with E-state index in [1.165, 1.54) is 0 Å². The SMILES string of the molecule is CNc1ncc(C)cc1OC(C)(C)C(=O)OC(C)(C)C. The molecule has 1 rings (SSSR count). The molecule has 0 aliphatic carbocycles. The Kier molecular flexibility index (Phi) is 4.63. The molecule has 0 fully saturated rings. The molecule has 1 N–H and O–H groups in total. The molecule has 1 aromatic heterocycles. The van der Waals surface area contributed by atoms with E-state index in [1.54, 1.807) is 27.1 Å². The van der Waals surface area contributed by atoms with Gasteiger partial charge in [-0.25, -0.2) is 9.78 Å². The Morgan fingerprint density at radius 3 is 2.35 bits per heavy atom. The van der Waals surface area contributed by atoms with Crippen molar-refractivity contribution in [2.45, 2.75) is 52.7 Å². The number of esters is 1. The van der Waals surface area contributed by atoms with Gasteiger partial charge >= 0.3 is 5.97 Å². The molecule has 0 atom stereocenters. The molecule has 0 aliphatic heterocycles. The number of anilines is 1. The summed E-state index contributed by atoms with van der Waals surface area (Å²) >= 11 is 0. The van der Waals surface area contributed by atoms with Gasteiger partial charge in [-0.3, -0.25) is 0 Å². The van der Waals surface area contributed by atoms with Gasteiger partial charge in [0.25, 0.3) is 0 Å². The summed E-state index contributed by atoms with van der Waals surface area (Å²) in [5.41, 5.74) is -0.679. The minimum atomic E-state index is -1.09. The summed E-state index contributed by atoms with van der Waals surface area (Å²) in [5, 5.41) is 2.94. The fourth-order valence-corrected chi connectivity index (χ4v) is 1.53. The maximum absolute atomic E-state index is 12.2. The zero-order valence-electron chi connectivity index (χ0n) is 13.3. The van der Waals surface area contributed by atoms with Crippen molar-refractivity contribution >= 4 is 11.8 Å². The van der Waals surface area contributed by atoms with E-state index in [2.05, 4.69) is 10.3 Å². The minimum Gasteiger partial charge on any atom is -0.472 e. The van der Waals surface area contributed by atoms with Crippen LogP contribution < -0.4 is 10.1 Å². The fraction of sp³-hybridized carbons (Fsp3) is 0.600. The second-order valence-corrected chi connectivity index (χ2v) is 6.22. The molecule has 0 unspecified atom stereocenters. The largest absolute Gasteiger partial charge is 0.472 e. The van der Waals surface area contributed by atoms with Gasteiger partial charge in [-0.15, -0.1) is 0 Å². The van der Waals surface area contributed by atoms with Crippen molar-refractivity contribution in [3.63, 3.8) is 0 Å². The van der Waals surface area contributed by atoms with Gasteiger partial charge in [0.1, 0.15) is 5.60 Å². The Bertz CT molecular complexity index is 490. The molecule has 0 amide bonds. The molecule has 0 radical (unpaired) electrons. The van der Waals surface area contributed by atoms with Crippen molar-refractivity contribution in [1.29, 1.82) is 0 Å². The van der Waals surface area contributed by atoms with Crippen LogP contribution in [0.15, 0.2) is 12.3 Å². The number of aromatic nitrogens is 1. The predicted molar refractivity (Wildman–Crippen MR) is 79.1 cm³/mol. The van der Waals surface area contributed by atoms with E-state index in [0.29, 0.717) is 11.6 Å². The first-order valence-corrected chi connectivity index (χ1v) is 6.62. The Morgan fingerprint density at radius 2 is 1.85 bits per heavy atom. The van der Waals surface area contributed by atoms with Crippen molar-refractivity contribution < 1.29 is 14.3 Å². The molecule has 0 spiro atoms. The third kappa shape index (κ3) is 4.40. The maximum atomic E-state index is 12.2. The average molecular weight is 280 g/mol. The highest BCUT2D eigenvalue weighted by Crippen LogP contribution is 2.28. The molecule has 1 heterocycles. The summed E-state index contributed by atoms with van der Waals surface area (Å²) in [6, 6.07) is 1.84. The molecule has 112 valence electrons. The van der Waals surface area contributed by atoms with Gasteiger partial charge in [-0.05, 0) is 53.2 Å². The monoisotopic (exact) mass is 280 g/mol. The van der Waals surface area contributed by atoms with E-state index in [-0.39, 0.29) is 0 Å². The van der Waals surface area contributed by atoms with Gasteiger partial charge in [0, 0.05) is 13.2 Å². The number of hydrogen-bond acceptors (Lipinski definition) is 5. The lowest BCUT2D eigenvalue weighted by Gasteiger charge is -2.29. The van der Waals surface area contributed by atoms with Crippen LogP contribution in [0, 0.1) is 6.92 Å². The van der Waals surface area contributed by atoms with E-state index in [9.17, 15) is 4.79 Å². The summed E-state index contributed by atoms with van der Waals surface area (Å²) in [5.74, 6) is 0.712. The highest BCUT2D eigenvalue weighted by atomic mass is 16.6. The molecule has 5 nitrogen and oxygen atoms in total. The van der Waals surface area contributed by atoms with Crippen LogP contribution >= 0.6 is 0 Å². The van der Waals surface area contributed by atoms with Crippen LogP contribution in [0.1, 0.15) is 40.2 Å². The molecule has 0 bridgehead atoms. The van der Waals surface area contributed by atoms with Crippen LogP contribution in [-0.2, 0) is 9.53 Å². The van der Waals surface area contributed by atoms with Crippen molar-refractivity contribution in [1.82, 2.24) is 4.98 Å². The van der Waals surface area contributed by atoms with Crippen molar-refractivity contribution in [2.24, 2.45) is 0 Å². The first-order valence-electron chi connectivity index (χ1n) is 6.62. The molecule has 0 saturated heterocycles. The van der Waals surface area contributed by atoms with Gasteiger partial charge < -0.3 is 14.8 Å². The van der Waals surface area contributed by atoms with Crippen LogP contribution in [-0.4, -0.2) is 29.2 Å². The summed E-state index contributed by atoms with van der Waals surface area (Å²) in [6.07, 6.45) is 1.74. The standard InChI is InChI=1S/C15H24N2O3/c1-10-8-11(12(16-7)17-9-10)19-15(5,6)13(18)20-14(2,3)4/h8-9H,1-7H3,(H,16,17). The van der Waals surface area contributed by atoms with Crippen LogP contribution in [0.5, 0.6) is 5.75 Å². The number of nitrogens with one attached hydrogen (secondary N) is 1. The number of ether oxygens (including phenoxy) is 2. The van der Waals surface area contributed by atoms with Gasteiger partial charge in [-0.1, -0.05) is 0 Å². The molecule has 5 heteroatoms. The topological polar surface area (TPSA) is 60.5 Å². The number of nitrogens with zero attached hydrogens (tertiary/aromatic N) is 1. The Balaban J connectivity index is 2.96. The predicted octanol–water partition coefficient (Wildman–Crippen LogP) is 2.93. The summed E-state index contributed by atoms with van der Waals surface area (Å²) < 4.78 is 11.2. The molecule has 0 aromatic carbocycles. The molecule has 0 saturated carbocycles. The Hall–Kier alpha value is -1.78. The lowest BCUT2D eigenvalue weighted by atomic mass is 10.1.